The Bertz CT molecular complexity index is 912. The van der Waals surface area contributed by atoms with Crippen LogP contribution in [0.1, 0.15) is 61.5 Å². The number of carbonyl (C=O) groups excluding carboxylic acids is 2. The quantitative estimate of drug-likeness (QED) is 0.540. The molecule has 0 fully saturated rings. The molecule has 3 rings (SSSR count). The van der Waals surface area contributed by atoms with E-state index >= 15 is 0 Å². The highest BCUT2D eigenvalue weighted by atomic mass is 16.2. The number of hydrogen-bond donors (Lipinski definition) is 3. The van der Waals surface area contributed by atoms with Crippen molar-refractivity contribution in [1.29, 1.82) is 0 Å². The van der Waals surface area contributed by atoms with Gasteiger partial charge in [-0.2, -0.15) is 0 Å². The van der Waals surface area contributed by atoms with Gasteiger partial charge in [-0.1, -0.05) is 44.5 Å². The number of anilines is 2. The van der Waals surface area contributed by atoms with Gasteiger partial charge in [-0.25, -0.2) is 4.79 Å². The highest BCUT2D eigenvalue weighted by Gasteiger charge is 2.22. The molecule has 2 aromatic rings. The topological polar surface area (TPSA) is 73.5 Å². The van der Waals surface area contributed by atoms with Crippen LogP contribution in [0.25, 0.3) is 0 Å². The minimum Gasteiger partial charge on any atom is -0.366 e. The van der Waals surface area contributed by atoms with Crippen molar-refractivity contribution in [3.05, 3.63) is 59.2 Å². The monoisotopic (exact) mass is 422 g/mol. The van der Waals surface area contributed by atoms with Crippen molar-refractivity contribution < 1.29 is 9.59 Å². The zero-order valence-corrected chi connectivity index (χ0v) is 18.8. The first-order valence-corrected chi connectivity index (χ1v) is 11.3. The van der Waals surface area contributed by atoms with E-state index in [1.807, 2.05) is 26.0 Å². The van der Waals surface area contributed by atoms with Crippen LogP contribution < -0.4 is 20.9 Å². The summed E-state index contributed by atoms with van der Waals surface area (Å²) in [7, 11) is 0. The summed E-state index contributed by atoms with van der Waals surface area (Å²) in [6, 6.07) is 13.9. The third-order valence-corrected chi connectivity index (χ3v) is 5.78. The van der Waals surface area contributed by atoms with Crippen molar-refractivity contribution >= 4 is 23.3 Å². The summed E-state index contributed by atoms with van der Waals surface area (Å²) in [4.78, 5) is 27.5. The lowest BCUT2D eigenvalue weighted by molar-refractivity contribution is 0.0939. The number of nitrogens with one attached hydrogen (secondary N) is 3. The molecule has 0 bridgehead atoms. The molecule has 2 aromatic carbocycles. The Hall–Kier alpha value is -3.02. The molecule has 0 saturated carbocycles. The summed E-state index contributed by atoms with van der Waals surface area (Å²) in [5, 5.41) is 8.78. The standard InChI is InChI=1S/C25H34N4O2/c1-4-6-14-26-25(31)28-21-11-12-23(22(16-21)24(30)27-18(3)5-2)29-15-13-19-9-7-8-10-20(19)17-29/h7-12,16,18H,4-6,13-15,17H2,1-3H3,(H,27,30)(H2,26,28,31). The molecule has 1 atom stereocenters. The number of unbranched alkanes of at least 4 members (excludes halogenated alkanes) is 1. The SMILES string of the molecule is CCCCNC(=O)Nc1ccc(N2CCc3ccccc3C2)c(C(=O)NC(C)CC)c1. The van der Waals surface area contributed by atoms with Gasteiger partial charge in [-0.15, -0.1) is 0 Å². The Balaban J connectivity index is 1.84. The van der Waals surface area contributed by atoms with Crippen LogP contribution in [0.5, 0.6) is 0 Å². The van der Waals surface area contributed by atoms with E-state index in [9.17, 15) is 9.59 Å². The van der Waals surface area contributed by atoms with Gasteiger partial charge in [0, 0.05) is 37.1 Å². The van der Waals surface area contributed by atoms with Crippen molar-refractivity contribution in [1.82, 2.24) is 10.6 Å². The van der Waals surface area contributed by atoms with Gasteiger partial charge in [-0.3, -0.25) is 4.79 Å². The van der Waals surface area contributed by atoms with Gasteiger partial charge >= 0.3 is 6.03 Å². The molecule has 0 aliphatic carbocycles. The first-order valence-electron chi connectivity index (χ1n) is 11.3. The van der Waals surface area contributed by atoms with Crippen LogP contribution >= 0.6 is 0 Å². The third kappa shape index (κ3) is 6.00. The number of benzene rings is 2. The molecule has 1 aliphatic heterocycles. The van der Waals surface area contributed by atoms with E-state index in [0.29, 0.717) is 17.8 Å². The molecular formula is C25H34N4O2. The number of hydrogen-bond acceptors (Lipinski definition) is 3. The van der Waals surface area contributed by atoms with Crippen molar-refractivity contribution in [2.75, 3.05) is 23.3 Å². The Labute approximate surface area is 185 Å². The zero-order chi connectivity index (χ0) is 22.2. The maximum Gasteiger partial charge on any atom is 0.319 e. The van der Waals surface area contributed by atoms with Gasteiger partial charge < -0.3 is 20.9 Å². The Morgan fingerprint density at radius 3 is 2.61 bits per heavy atom. The highest BCUT2D eigenvalue weighted by molar-refractivity contribution is 6.02. The van der Waals surface area contributed by atoms with Crippen LogP contribution in [0.2, 0.25) is 0 Å². The lowest BCUT2D eigenvalue weighted by Crippen LogP contribution is -2.36. The zero-order valence-electron chi connectivity index (χ0n) is 18.8. The molecule has 0 aromatic heterocycles. The number of rotatable bonds is 8. The molecule has 6 heteroatoms. The second kappa shape index (κ2) is 10.8. The van der Waals surface area contributed by atoms with Crippen LogP contribution in [0.4, 0.5) is 16.2 Å². The van der Waals surface area contributed by atoms with Gasteiger partial charge in [0.15, 0.2) is 0 Å². The number of nitrogens with zero attached hydrogens (tertiary/aromatic N) is 1. The summed E-state index contributed by atoms with van der Waals surface area (Å²) in [5.74, 6) is -0.113. The summed E-state index contributed by atoms with van der Waals surface area (Å²) < 4.78 is 0. The maximum atomic E-state index is 13.1. The summed E-state index contributed by atoms with van der Waals surface area (Å²) in [6.45, 7) is 8.38. The van der Waals surface area contributed by atoms with E-state index in [1.165, 1.54) is 11.1 Å². The third-order valence-electron chi connectivity index (χ3n) is 5.78. The molecule has 0 radical (unpaired) electrons. The van der Waals surface area contributed by atoms with Gasteiger partial charge in [0.25, 0.3) is 5.91 Å². The average molecular weight is 423 g/mol. The van der Waals surface area contributed by atoms with Crippen LogP contribution in [-0.4, -0.2) is 31.1 Å². The minimum atomic E-state index is -0.249. The molecule has 166 valence electrons. The van der Waals surface area contributed by atoms with E-state index < -0.39 is 0 Å². The Morgan fingerprint density at radius 1 is 1.10 bits per heavy atom. The van der Waals surface area contributed by atoms with Crippen LogP contribution in [-0.2, 0) is 13.0 Å². The van der Waals surface area contributed by atoms with E-state index in [0.717, 1.165) is 44.5 Å². The predicted molar refractivity (Wildman–Crippen MR) is 127 cm³/mol. The molecule has 1 aliphatic rings. The molecule has 6 nitrogen and oxygen atoms in total. The summed E-state index contributed by atoms with van der Waals surface area (Å²) >= 11 is 0. The first-order chi connectivity index (χ1) is 15.0. The fraction of sp³-hybridized carbons (Fsp3) is 0.440. The van der Waals surface area contributed by atoms with Crippen LogP contribution in [0.15, 0.2) is 42.5 Å². The van der Waals surface area contributed by atoms with Crippen molar-refractivity contribution in [2.45, 2.75) is 59.0 Å². The van der Waals surface area contributed by atoms with Gasteiger partial charge in [-0.05, 0) is 55.5 Å². The van der Waals surface area contributed by atoms with Crippen LogP contribution in [0.3, 0.4) is 0 Å². The van der Waals surface area contributed by atoms with Crippen molar-refractivity contribution in [2.24, 2.45) is 0 Å². The average Bonchev–Trinajstić information content (AvgIpc) is 2.78. The normalized spacial score (nSPS) is 13.8. The molecular weight excluding hydrogens is 388 g/mol. The first kappa shape index (κ1) is 22.7. The van der Waals surface area contributed by atoms with E-state index in [2.05, 4.69) is 52.0 Å². The molecule has 1 heterocycles. The lowest BCUT2D eigenvalue weighted by Gasteiger charge is -2.32. The predicted octanol–water partition coefficient (Wildman–Crippen LogP) is 4.70. The van der Waals surface area contributed by atoms with Crippen molar-refractivity contribution in [3.8, 4) is 0 Å². The summed E-state index contributed by atoms with van der Waals surface area (Å²) in [5.41, 5.74) is 4.76. The van der Waals surface area contributed by atoms with E-state index in [4.69, 9.17) is 0 Å². The Morgan fingerprint density at radius 2 is 1.87 bits per heavy atom. The van der Waals surface area contributed by atoms with Gasteiger partial charge in [0.05, 0.1) is 5.56 Å². The second-order valence-corrected chi connectivity index (χ2v) is 8.19. The molecule has 1 unspecified atom stereocenters. The fourth-order valence-electron chi connectivity index (χ4n) is 3.73. The highest BCUT2D eigenvalue weighted by Crippen LogP contribution is 2.29. The number of fused-ring (bicyclic) bond motifs is 1. The number of urea groups is 1. The molecule has 3 N–H and O–H groups in total. The van der Waals surface area contributed by atoms with Gasteiger partial charge in [0.2, 0.25) is 0 Å². The largest absolute Gasteiger partial charge is 0.366 e. The van der Waals surface area contributed by atoms with Crippen molar-refractivity contribution in [3.63, 3.8) is 0 Å². The molecule has 0 saturated heterocycles. The minimum absolute atomic E-state index is 0.0800. The van der Waals surface area contributed by atoms with Crippen LogP contribution in [0, 0.1) is 0 Å². The smallest absolute Gasteiger partial charge is 0.319 e. The maximum absolute atomic E-state index is 13.1. The second-order valence-electron chi connectivity index (χ2n) is 8.19. The lowest BCUT2D eigenvalue weighted by atomic mass is 9.98. The number of carbonyl (C=O) groups is 2. The molecule has 3 amide bonds. The Kier molecular flexibility index (Phi) is 7.93. The van der Waals surface area contributed by atoms with Gasteiger partial charge in [0.1, 0.15) is 0 Å². The van der Waals surface area contributed by atoms with E-state index in [1.54, 1.807) is 6.07 Å². The molecule has 31 heavy (non-hydrogen) atoms. The fourth-order valence-corrected chi connectivity index (χ4v) is 3.73. The molecule has 0 spiro atoms. The number of amides is 3. The summed E-state index contributed by atoms with van der Waals surface area (Å²) in [6.07, 6.45) is 3.76. The van der Waals surface area contributed by atoms with E-state index in [-0.39, 0.29) is 18.0 Å².